The van der Waals surface area contributed by atoms with Crippen molar-refractivity contribution in [2.24, 2.45) is 55.7 Å². The number of rotatable bonds is 31. The normalized spacial score (nSPS) is 15.5. The van der Waals surface area contributed by atoms with Gasteiger partial charge in [0.2, 0.25) is 0 Å². The third kappa shape index (κ3) is 53.9. The van der Waals surface area contributed by atoms with Crippen LogP contribution in [-0.4, -0.2) is 0 Å². The summed E-state index contributed by atoms with van der Waals surface area (Å²) in [5.74, 6) is 2.25. The van der Waals surface area contributed by atoms with Gasteiger partial charge < -0.3 is 0 Å². The summed E-state index contributed by atoms with van der Waals surface area (Å²) in [6.07, 6.45) is 44.6. The standard InChI is InChI=1S/C27H50.C20H42.C20H38/c1-12-27(11,21-24(22(2)3)17-20-26(8,9)10)19-14-16-23(4)15-13-18-25(5,6)7;2*1-8-18(15-13-17-20(5,6)7)14-11-9-10-12-16-19(2,3)4/h12,16,24H,1-2,13-15,17-21H2,3-11H3;18H,8-17H2,1-7H3;8-9,11,18H,1,10,12-17H2,2-7H3/b23-16+;;11-9+. The van der Waals surface area contributed by atoms with Crippen molar-refractivity contribution in [1.82, 2.24) is 0 Å². The molecule has 0 heterocycles. The van der Waals surface area contributed by atoms with Crippen molar-refractivity contribution >= 4 is 0 Å². The second-order valence-corrected chi connectivity index (χ2v) is 29.6. The van der Waals surface area contributed by atoms with Crippen LogP contribution < -0.4 is 0 Å². The van der Waals surface area contributed by atoms with Crippen LogP contribution in [0, 0.1) is 55.7 Å². The molecule has 0 nitrogen and oxygen atoms in total. The Morgan fingerprint density at radius 3 is 1.37 bits per heavy atom. The molecule has 0 fully saturated rings. The molecule has 4 unspecified atom stereocenters. The zero-order valence-electron chi connectivity index (χ0n) is 50.9. The van der Waals surface area contributed by atoms with Crippen LogP contribution in [0.1, 0.15) is 313 Å². The van der Waals surface area contributed by atoms with Crippen molar-refractivity contribution in [1.29, 1.82) is 0 Å². The van der Waals surface area contributed by atoms with Gasteiger partial charge in [-0.05, 0) is 172 Å². The largest absolute Gasteiger partial charge is 0.103 e. The van der Waals surface area contributed by atoms with E-state index in [4.69, 9.17) is 0 Å². The second-order valence-electron chi connectivity index (χ2n) is 29.6. The van der Waals surface area contributed by atoms with Gasteiger partial charge in [-0.15, -0.1) is 13.2 Å². The quantitative estimate of drug-likeness (QED) is 0.0480. The van der Waals surface area contributed by atoms with Crippen molar-refractivity contribution in [3.8, 4) is 0 Å². The molecule has 0 aromatic heterocycles. The van der Waals surface area contributed by atoms with Crippen LogP contribution in [-0.2, 0) is 0 Å². The third-order valence-electron chi connectivity index (χ3n) is 14.0. The average molecular weight is 936 g/mol. The van der Waals surface area contributed by atoms with Crippen molar-refractivity contribution < 1.29 is 0 Å². The first-order valence-electron chi connectivity index (χ1n) is 28.7. The van der Waals surface area contributed by atoms with E-state index >= 15 is 0 Å². The van der Waals surface area contributed by atoms with E-state index in [2.05, 4.69) is 202 Å². The summed E-state index contributed by atoms with van der Waals surface area (Å²) in [6.45, 7) is 63.8. The van der Waals surface area contributed by atoms with Gasteiger partial charge in [-0.1, -0.05) is 244 Å². The minimum Gasteiger partial charge on any atom is -0.103 e. The Labute approximate surface area is 427 Å². The number of hydrogen-bond acceptors (Lipinski definition) is 0. The summed E-state index contributed by atoms with van der Waals surface area (Å²) in [5, 5.41) is 0. The van der Waals surface area contributed by atoms with Crippen LogP contribution in [0.15, 0.2) is 61.3 Å². The van der Waals surface area contributed by atoms with Gasteiger partial charge >= 0.3 is 0 Å². The van der Waals surface area contributed by atoms with E-state index < -0.39 is 0 Å². The van der Waals surface area contributed by atoms with Gasteiger partial charge in [0.25, 0.3) is 0 Å². The minimum atomic E-state index is 0.198. The molecule has 0 aliphatic rings. The van der Waals surface area contributed by atoms with Crippen molar-refractivity contribution in [3.05, 3.63) is 61.3 Å². The van der Waals surface area contributed by atoms with Crippen LogP contribution in [0.2, 0.25) is 0 Å². The molecule has 0 aromatic rings. The summed E-state index contributed by atoms with van der Waals surface area (Å²) >= 11 is 0. The van der Waals surface area contributed by atoms with E-state index in [9.17, 15) is 0 Å². The second kappa shape index (κ2) is 35.7. The fourth-order valence-electron chi connectivity index (χ4n) is 8.91. The van der Waals surface area contributed by atoms with Crippen LogP contribution in [0.3, 0.4) is 0 Å². The van der Waals surface area contributed by atoms with Gasteiger partial charge in [-0.25, -0.2) is 0 Å². The molecule has 0 saturated carbocycles. The highest BCUT2D eigenvalue weighted by Gasteiger charge is 2.26. The summed E-state index contributed by atoms with van der Waals surface area (Å²) in [4.78, 5) is 0. The van der Waals surface area contributed by atoms with Crippen LogP contribution >= 0.6 is 0 Å². The monoisotopic (exact) mass is 935 g/mol. The molecule has 398 valence electrons. The Kier molecular flexibility index (Phi) is 37.3. The Balaban J connectivity index is -0.000000933. The number of allylic oxidation sites excluding steroid dienone is 7. The van der Waals surface area contributed by atoms with Crippen LogP contribution in [0.5, 0.6) is 0 Å². The zero-order chi connectivity index (χ0) is 52.6. The molecule has 0 amide bonds. The Morgan fingerprint density at radius 1 is 0.463 bits per heavy atom. The van der Waals surface area contributed by atoms with Gasteiger partial charge in [0.1, 0.15) is 0 Å². The van der Waals surface area contributed by atoms with Crippen molar-refractivity contribution in [2.75, 3.05) is 0 Å². The lowest BCUT2D eigenvalue weighted by atomic mass is 9.73. The average Bonchev–Trinajstić information content (AvgIpc) is 3.15. The molecular weight excluding hydrogens is 805 g/mol. The summed E-state index contributed by atoms with van der Waals surface area (Å²) in [5.41, 5.74) is 5.92. The molecule has 0 rings (SSSR count). The van der Waals surface area contributed by atoms with Crippen LogP contribution in [0.25, 0.3) is 0 Å². The number of hydrogen-bond donors (Lipinski definition) is 0. The Bertz CT molecular complexity index is 1270. The molecule has 0 N–H and O–H groups in total. The van der Waals surface area contributed by atoms with Crippen molar-refractivity contribution in [3.63, 3.8) is 0 Å². The SMILES string of the molecule is C=CC(C)(CC/C=C(\C)CCCC(C)(C)C)CC(CCC(C)(C)C)C(=C)C.C=CC(C/C=C/CCCC(C)(C)C)CCCC(C)(C)C.CCC(CCCCCCC(C)(C)C)CCCC(C)(C)C. The molecule has 67 heavy (non-hydrogen) atoms. The van der Waals surface area contributed by atoms with Gasteiger partial charge in [-0.3, -0.25) is 0 Å². The minimum absolute atomic E-state index is 0.198. The van der Waals surface area contributed by atoms with E-state index in [-0.39, 0.29) is 5.41 Å². The third-order valence-corrected chi connectivity index (χ3v) is 14.0. The van der Waals surface area contributed by atoms with Gasteiger partial charge in [0.15, 0.2) is 0 Å². The maximum absolute atomic E-state index is 4.29. The van der Waals surface area contributed by atoms with E-state index in [1.54, 1.807) is 5.57 Å². The van der Waals surface area contributed by atoms with E-state index in [0.717, 1.165) is 12.3 Å². The van der Waals surface area contributed by atoms with E-state index in [0.29, 0.717) is 44.3 Å². The molecule has 0 heteroatoms. The molecule has 0 aromatic carbocycles. The lowest BCUT2D eigenvalue weighted by Crippen LogP contribution is -2.20. The fourth-order valence-corrected chi connectivity index (χ4v) is 8.91. The first kappa shape index (κ1) is 70.0. The van der Waals surface area contributed by atoms with E-state index in [1.165, 1.54) is 160 Å². The maximum Gasteiger partial charge on any atom is -0.0141 e. The highest BCUT2D eigenvalue weighted by atomic mass is 14.3. The summed E-state index contributed by atoms with van der Waals surface area (Å²) < 4.78 is 0. The Morgan fingerprint density at radius 2 is 0.910 bits per heavy atom. The predicted octanol–water partition coefficient (Wildman–Crippen LogP) is 24.3. The summed E-state index contributed by atoms with van der Waals surface area (Å²) in [7, 11) is 0. The molecule has 0 spiro atoms. The molecule has 4 atom stereocenters. The van der Waals surface area contributed by atoms with Gasteiger partial charge in [0.05, 0.1) is 0 Å². The molecular formula is C67H130. The lowest BCUT2D eigenvalue weighted by molar-refractivity contribution is 0.268. The van der Waals surface area contributed by atoms with Crippen molar-refractivity contribution in [2.45, 2.75) is 313 Å². The first-order valence-corrected chi connectivity index (χ1v) is 28.7. The first-order chi connectivity index (χ1) is 30.5. The maximum atomic E-state index is 4.29. The molecule has 0 aliphatic heterocycles. The highest BCUT2D eigenvalue weighted by molar-refractivity contribution is 5.05. The Hall–Kier alpha value is -1.30. The lowest BCUT2D eigenvalue weighted by Gasteiger charge is -2.32. The molecule has 0 saturated heterocycles. The highest BCUT2D eigenvalue weighted by Crippen LogP contribution is 2.39. The van der Waals surface area contributed by atoms with Gasteiger partial charge in [0, 0.05) is 0 Å². The predicted molar refractivity (Wildman–Crippen MR) is 315 cm³/mol. The number of unbranched alkanes of at least 4 members (excludes halogenated alkanes) is 4. The molecule has 0 radical (unpaired) electrons. The van der Waals surface area contributed by atoms with E-state index in [1.807, 2.05) is 0 Å². The fraction of sp³-hybridized carbons (Fsp3) is 0.851. The van der Waals surface area contributed by atoms with Crippen LogP contribution in [0.4, 0.5) is 0 Å². The smallest absolute Gasteiger partial charge is 0.0141 e. The molecule has 0 aliphatic carbocycles. The topological polar surface area (TPSA) is 0 Å². The molecule has 0 bridgehead atoms. The zero-order valence-corrected chi connectivity index (χ0v) is 50.9. The summed E-state index contributed by atoms with van der Waals surface area (Å²) in [6, 6.07) is 0. The van der Waals surface area contributed by atoms with Gasteiger partial charge in [-0.2, -0.15) is 0 Å².